The molecule has 0 aromatic carbocycles. The van der Waals surface area contributed by atoms with E-state index in [-0.39, 0.29) is 12.2 Å². The maximum Gasteiger partial charge on any atom is 0.176 e. The van der Waals surface area contributed by atoms with Gasteiger partial charge in [-0.3, -0.25) is 9.78 Å². The van der Waals surface area contributed by atoms with Gasteiger partial charge in [0.2, 0.25) is 0 Å². The van der Waals surface area contributed by atoms with E-state index in [4.69, 9.17) is 11.6 Å². The summed E-state index contributed by atoms with van der Waals surface area (Å²) >= 11 is 5.77. The van der Waals surface area contributed by atoms with Gasteiger partial charge in [0, 0.05) is 18.0 Å². The Hall–Kier alpha value is -1.33. The molecule has 0 bridgehead atoms. The number of aromatic nitrogens is 1. The van der Waals surface area contributed by atoms with Crippen molar-refractivity contribution in [2.45, 2.75) is 13.3 Å². The zero-order valence-electron chi connectivity index (χ0n) is 7.17. The third-order valence-electron chi connectivity index (χ3n) is 1.50. The van der Waals surface area contributed by atoms with Gasteiger partial charge in [0.15, 0.2) is 5.78 Å². The highest BCUT2D eigenvalue weighted by atomic mass is 35.5. The number of nitrogens with zero attached hydrogens (tertiary/aromatic N) is 1. The minimum atomic E-state index is -0.0678. The van der Waals surface area contributed by atoms with Gasteiger partial charge in [0.25, 0.3) is 0 Å². The van der Waals surface area contributed by atoms with Crippen LogP contribution in [0, 0.1) is 11.8 Å². The molecule has 0 aliphatic carbocycles. The third-order valence-corrected chi connectivity index (χ3v) is 1.80. The number of carbonyl (C=O) groups is 1. The molecule has 1 aromatic heterocycles. The van der Waals surface area contributed by atoms with Gasteiger partial charge in [-0.15, -0.1) is 5.92 Å². The van der Waals surface area contributed by atoms with E-state index >= 15 is 0 Å². The monoisotopic (exact) mass is 193 g/mol. The van der Waals surface area contributed by atoms with Crippen molar-refractivity contribution in [2.75, 3.05) is 0 Å². The molecule has 0 unspecified atom stereocenters. The van der Waals surface area contributed by atoms with Crippen molar-refractivity contribution in [3.05, 3.63) is 29.0 Å². The van der Waals surface area contributed by atoms with E-state index in [2.05, 4.69) is 16.8 Å². The highest BCUT2D eigenvalue weighted by Crippen LogP contribution is 2.14. The molecule has 0 spiro atoms. The van der Waals surface area contributed by atoms with Crippen molar-refractivity contribution in [1.82, 2.24) is 4.98 Å². The van der Waals surface area contributed by atoms with Crippen LogP contribution in [0.5, 0.6) is 0 Å². The summed E-state index contributed by atoms with van der Waals surface area (Å²) < 4.78 is 0. The van der Waals surface area contributed by atoms with Crippen molar-refractivity contribution in [3.8, 4) is 11.8 Å². The Bertz CT molecular complexity index is 376. The standard InChI is InChI=1S/C10H8ClNO/c1-2-3-4-10(13)8-5-6-12-7-9(8)11/h5-7H,4H2,1H3. The molecule has 0 amide bonds. The van der Waals surface area contributed by atoms with Crippen molar-refractivity contribution in [3.63, 3.8) is 0 Å². The minimum Gasteiger partial charge on any atom is -0.293 e. The summed E-state index contributed by atoms with van der Waals surface area (Å²) in [5.41, 5.74) is 0.486. The highest BCUT2D eigenvalue weighted by molar-refractivity contribution is 6.33. The first-order chi connectivity index (χ1) is 6.25. The molecule has 66 valence electrons. The molecule has 1 aromatic rings. The lowest BCUT2D eigenvalue weighted by atomic mass is 10.1. The van der Waals surface area contributed by atoms with Gasteiger partial charge in [-0.1, -0.05) is 17.5 Å². The Kier molecular flexibility index (Phi) is 3.48. The Balaban J connectivity index is 2.87. The van der Waals surface area contributed by atoms with E-state index in [1.165, 1.54) is 6.20 Å². The number of ketones is 1. The SMILES string of the molecule is CC#CCC(=O)c1ccncc1Cl. The summed E-state index contributed by atoms with van der Waals surface area (Å²) in [6.45, 7) is 1.70. The second kappa shape index (κ2) is 4.64. The quantitative estimate of drug-likeness (QED) is 0.533. The maximum atomic E-state index is 11.4. The fourth-order valence-corrected chi connectivity index (χ4v) is 1.09. The van der Waals surface area contributed by atoms with Gasteiger partial charge in [-0.25, -0.2) is 0 Å². The second-order valence-electron chi connectivity index (χ2n) is 2.38. The smallest absolute Gasteiger partial charge is 0.176 e. The lowest BCUT2D eigenvalue weighted by Gasteiger charge is -1.97. The van der Waals surface area contributed by atoms with Gasteiger partial charge < -0.3 is 0 Å². The van der Waals surface area contributed by atoms with E-state index in [1.807, 2.05) is 0 Å². The van der Waals surface area contributed by atoms with E-state index in [9.17, 15) is 4.79 Å². The normalized spacial score (nSPS) is 8.77. The molecular weight excluding hydrogens is 186 g/mol. The van der Waals surface area contributed by atoms with Crippen LogP contribution in [0.2, 0.25) is 5.02 Å². The number of pyridine rings is 1. The summed E-state index contributed by atoms with van der Waals surface area (Å²) in [6, 6.07) is 1.60. The third kappa shape index (κ3) is 2.57. The molecule has 0 atom stereocenters. The number of carbonyl (C=O) groups excluding carboxylic acids is 1. The van der Waals surface area contributed by atoms with Crippen molar-refractivity contribution in [1.29, 1.82) is 0 Å². The molecular formula is C10H8ClNO. The van der Waals surface area contributed by atoms with Gasteiger partial charge in [0.1, 0.15) is 0 Å². The average molecular weight is 194 g/mol. The van der Waals surface area contributed by atoms with Crippen molar-refractivity contribution >= 4 is 17.4 Å². The predicted octanol–water partition coefficient (Wildman–Crippen LogP) is 2.33. The van der Waals surface area contributed by atoms with E-state index in [1.54, 1.807) is 19.2 Å². The minimum absolute atomic E-state index is 0.0678. The van der Waals surface area contributed by atoms with Crippen LogP contribution in [-0.4, -0.2) is 10.8 Å². The van der Waals surface area contributed by atoms with Gasteiger partial charge in [-0.05, 0) is 13.0 Å². The lowest BCUT2D eigenvalue weighted by molar-refractivity contribution is 0.0998. The molecule has 0 radical (unpaired) electrons. The van der Waals surface area contributed by atoms with Crippen LogP contribution in [-0.2, 0) is 0 Å². The Morgan fingerprint density at radius 3 is 3.08 bits per heavy atom. The Morgan fingerprint density at radius 2 is 2.46 bits per heavy atom. The van der Waals surface area contributed by atoms with Crippen LogP contribution in [0.4, 0.5) is 0 Å². The number of hydrogen-bond acceptors (Lipinski definition) is 2. The number of Topliss-reactive ketones (excluding diaryl/α,β-unsaturated/α-hetero) is 1. The zero-order chi connectivity index (χ0) is 9.68. The first-order valence-corrected chi connectivity index (χ1v) is 4.16. The van der Waals surface area contributed by atoms with Crippen LogP contribution in [0.3, 0.4) is 0 Å². The number of hydrogen-bond donors (Lipinski definition) is 0. The van der Waals surface area contributed by atoms with E-state index in [0.717, 1.165) is 0 Å². The highest BCUT2D eigenvalue weighted by Gasteiger charge is 2.07. The molecule has 13 heavy (non-hydrogen) atoms. The number of rotatable bonds is 2. The van der Waals surface area contributed by atoms with Crippen LogP contribution < -0.4 is 0 Å². The Labute approximate surface area is 81.9 Å². The molecule has 1 rings (SSSR count). The van der Waals surface area contributed by atoms with E-state index in [0.29, 0.717) is 10.6 Å². The molecule has 3 heteroatoms. The molecule has 2 nitrogen and oxygen atoms in total. The molecule has 0 saturated heterocycles. The topological polar surface area (TPSA) is 30.0 Å². The molecule has 0 N–H and O–H groups in total. The molecule has 0 saturated carbocycles. The summed E-state index contributed by atoms with van der Waals surface area (Å²) in [6.07, 6.45) is 3.20. The van der Waals surface area contributed by atoms with Crippen LogP contribution in [0.1, 0.15) is 23.7 Å². The summed E-state index contributed by atoms with van der Waals surface area (Å²) in [4.78, 5) is 15.2. The fourth-order valence-electron chi connectivity index (χ4n) is 0.865. The van der Waals surface area contributed by atoms with Crippen molar-refractivity contribution < 1.29 is 4.79 Å². The zero-order valence-corrected chi connectivity index (χ0v) is 7.93. The average Bonchev–Trinajstić information content (AvgIpc) is 2.15. The largest absolute Gasteiger partial charge is 0.293 e. The van der Waals surface area contributed by atoms with E-state index < -0.39 is 0 Å². The fraction of sp³-hybridized carbons (Fsp3) is 0.200. The summed E-state index contributed by atoms with van der Waals surface area (Å²) in [5.74, 6) is 5.29. The second-order valence-corrected chi connectivity index (χ2v) is 2.79. The molecule has 1 heterocycles. The van der Waals surface area contributed by atoms with Crippen LogP contribution in [0.15, 0.2) is 18.5 Å². The van der Waals surface area contributed by atoms with Gasteiger partial charge >= 0.3 is 0 Å². The van der Waals surface area contributed by atoms with Gasteiger partial charge in [0.05, 0.1) is 11.4 Å². The number of halogens is 1. The Morgan fingerprint density at radius 1 is 1.69 bits per heavy atom. The first kappa shape index (κ1) is 9.76. The van der Waals surface area contributed by atoms with Crippen LogP contribution >= 0.6 is 11.6 Å². The summed E-state index contributed by atoms with van der Waals surface area (Å²) in [5, 5.41) is 0.380. The first-order valence-electron chi connectivity index (χ1n) is 3.78. The van der Waals surface area contributed by atoms with Crippen LogP contribution in [0.25, 0.3) is 0 Å². The lowest BCUT2D eigenvalue weighted by Crippen LogP contribution is -1.98. The van der Waals surface area contributed by atoms with Gasteiger partial charge in [-0.2, -0.15) is 0 Å². The maximum absolute atomic E-state index is 11.4. The molecule has 0 fully saturated rings. The van der Waals surface area contributed by atoms with Crippen molar-refractivity contribution in [2.24, 2.45) is 0 Å². The molecule has 0 aliphatic rings. The summed E-state index contributed by atoms with van der Waals surface area (Å²) in [7, 11) is 0. The molecule has 0 aliphatic heterocycles. The predicted molar refractivity (Wildman–Crippen MR) is 51.6 cm³/mol.